The van der Waals surface area contributed by atoms with Crippen LogP contribution >= 0.6 is 0 Å². The van der Waals surface area contributed by atoms with Gasteiger partial charge in [-0.1, -0.05) is 0 Å². The number of rotatable bonds is 7. The fraction of sp³-hybridized carbons (Fsp3) is 0.818. The maximum absolute atomic E-state index is 10.6. The van der Waals surface area contributed by atoms with E-state index in [9.17, 15) is 19.8 Å². The van der Waals surface area contributed by atoms with Crippen LogP contribution in [0, 0.1) is 5.92 Å². The summed E-state index contributed by atoms with van der Waals surface area (Å²) in [6, 6.07) is 0. The minimum Gasteiger partial charge on any atom is -0.550 e. The third-order valence-corrected chi connectivity index (χ3v) is 2.97. The predicted octanol–water partition coefficient (Wildman–Crippen LogP) is -7.62. The van der Waals surface area contributed by atoms with Crippen molar-refractivity contribution >= 4 is 11.9 Å². The average Bonchev–Trinajstić information content (AvgIpc) is 2.68. The van der Waals surface area contributed by atoms with Gasteiger partial charge >= 0.3 is 59.1 Å². The first-order chi connectivity index (χ1) is 7.59. The molecule has 18 heavy (non-hydrogen) atoms. The van der Waals surface area contributed by atoms with Crippen molar-refractivity contribution in [1.29, 1.82) is 0 Å². The van der Waals surface area contributed by atoms with Crippen molar-refractivity contribution in [2.24, 2.45) is 5.92 Å². The largest absolute Gasteiger partial charge is 1.00 e. The monoisotopic (exact) mass is 273 g/mol. The van der Waals surface area contributed by atoms with Gasteiger partial charge in [0.25, 0.3) is 0 Å². The molecule has 1 rings (SSSR count). The molecule has 1 unspecified atom stereocenters. The fourth-order valence-corrected chi connectivity index (χ4v) is 2.07. The molecular formula is C11H17NNa2O4. The van der Waals surface area contributed by atoms with Crippen molar-refractivity contribution in [3.05, 3.63) is 0 Å². The predicted molar refractivity (Wildman–Crippen MR) is 53.0 cm³/mol. The van der Waals surface area contributed by atoms with Crippen LogP contribution in [-0.4, -0.2) is 36.5 Å². The van der Waals surface area contributed by atoms with E-state index in [1.165, 1.54) is 12.8 Å². The molecule has 5 nitrogen and oxygen atoms in total. The zero-order chi connectivity index (χ0) is 12.0. The molecule has 1 fully saturated rings. The van der Waals surface area contributed by atoms with Crippen LogP contribution in [0.5, 0.6) is 0 Å². The Bertz CT molecular complexity index is 257. The van der Waals surface area contributed by atoms with Crippen molar-refractivity contribution in [2.75, 3.05) is 19.6 Å². The molecule has 1 heterocycles. The van der Waals surface area contributed by atoms with E-state index in [4.69, 9.17) is 0 Å². The molecule has 0 amide bonds. The molecule has 0 radical (unpaired) electrons. The Morgan fingerprint density at radius 2 is 1.67 bits per heavy atom. The van der Waals surface area contributed by atoms with E-state index < -0.39 is 24.3 Å². The van der Waals surface area contributed by atoms with E-state index in [-0.39, 0.29) is 59.1 Å². The van der Waals surface area contributed by atoms with E-state index in [1.54, 1.807) is 0 Å². The van der Waals surface area contributed by atoms with Gasteiger partial charge in [-0.3, -0.25) is 0 Å². The fourth-order valence-electron chi connectivity index (χ4n) is 2.07. The number of hydrogen-bond acceptors (Lipinski definition) is 5. The van der Waals surface area contributed by atoms with Gasteiger partial charge in [0, 0.05) is 17.9 Å². The zero-order valence-electron chi connectivity index (χ0n) is 11.3. The Kier molecular flexibility index (Phi) is 13.8. The maximum Gasteiger partial charge on any atom is 1.00 e. The number of carbonyl (C=O) groups excluding carboxylic acids is 2. The van der Waals surface area contributed by atoms with E-state index in [2.05, 4.69) is 4.90 Å². The first kappa shape index (κ1) is 21.2. The summed E-state index contributed by atoms with van der Waals surface area (Å²) in [6.07, 6.45) is 3.01. The molecule has 0 spiro atoms. The quantitative estimate of drug-likeness (QED) is 0.430. The van der Waals surface area contributed by atoms with Gasteiger partial charge in [-0.15, -0.1) is 0 Å². The van der Waals surface area contributed by atoms with Crippen LogP contribution in [0.25, 0.3) is 0 Å². The summed E-state index contributed by atoms with van der Waals surface area (Å²) in [5, 5.41) is 21.0. The number of aliphatic carboxylic acids is 2. The van der Waals surface area contributed by atoms with E-state index in [0.29, 0.717) is 12.8 Å². The summed E-state index contributed by atoms with van der Waals surface area (Å²) < 4.78 is 0. The molecule has 0 N–H and O–H groups in total. The second kappa shape index (κ2) is 11.7. The van der Waals surface area contributed by atoms with Gasteiger partial charge in [-0.05, 0) is 51.7 Å². The summed E-state index contributed by atoms with van der Waals surface area (Å²) in [5.74, 6) is -3.52. The van der Waals surface area contributed by atoms with E-state index in [0.717, 1.165) is 19.6 Å². The molecule has 7 heteroatoms. The molecule has 0 aromatic rings. The van der Waals surface area contributed by atoms with Gasteiger partial charge in [-0.25, -0.2) is 0 Å². The molecule has 0 aliphatic carbocycles. The van der Waals surface area contributed by atoms with Crippen LogP contribution in [0.15, 0.2) is 0 Å². The number of carbonyl (C=O) groups is 2. The minimum absolute atomic E-state index is 0. The van der Waals surface area contributed by atoms with E-state index >= 15 is 0 Å². The summed E-state index contributed by atoms with van der Waals surface area (Å²) in [4.78, 5) is 23.2. The smallest absolute Gasteiger partial charge is 0.550 e. The SMILES string of the molecule is O=C([O-])CC(CCCN1CCCC1)C(=O)[O-].[Na+].[Na+]. The van der Waals surface area contributed by atoms with Crippen molar-refractivity contribution in [3.63, 3.8) is 0 Å². The van der Waals surface area contributed by atoms with Crippen LogP contribution in [0.1, 0.15) is 32.1 Å². The zero-order valence-corrected chi connectivity index (χ0v) is 15.3. The molecule has 0 aromatic heterocycles. The average molecular weight is 273 g/mol. The third-order valence-electron chi connectivity index (χ3n) is 2.97. The minimum atomic E-state index is -1.32. The Morgan fingerprint density at radius 3 is 2.11 bits per heavy atom. The standard InChI is InChI=1S/C11H19NO4.2Na/c13-10(14)8-9(11(15)16)4-3-7-12-5-1-2-6-12;;/h9H,1-8H2,(H,13,14)(H,15,16);;/q;2*+1/p-2. The molecule has 1 atom stereocenters. The van der Waals surface area contributed by atoms with Crippen molar-refractivity contribution in [2.45, 2.75) is 32.1 Å². The van der Waals surface area contributed by atoms with Crippen LogP contribution in [0.3, 0.4) is 0 Å². The van der Waals surface area contributed by atoms with E-state index in [1.807, 2.05) is 0 Å². The van der Waals surface area contributed by atoms with Gasteiger partial charge in [0.15, 0.2) is 0 Å². The van der Waals surface area contributed by atoms with Gasteiger partial charge in [-0.2, -0.15) is 0 Å². The van der Waals surface area contributed by atoms with Crippen molar-refractivity contribution in [1.82, 2.24) is 4.90 Å². The molecule has 0 bridgehead atoms. The molecule has 1 aliphatic rings. The summed E-state index contributed by atoms with van der Waals surface area (Å²) in [6.45, 7) is 2.98. The Balaban J connectivity index is 0. The first-order valence-electron chi connectivity index (χ1n) is 5.72. The molecular weight excluding hydrogens is 256 g/mol. The second-order valence-corrected chi connectivity index (χ2v) is 4.28. The molecule has 1 saturated heterocycles. The number of nitrogens with zero attached hydrogens (tertiary/aromatic N) is 1. The maximum atomic E-state index is 10.6. The second-order valence-electron chi connectivity index (χ2n) is 4.28. The van der Waals surface area contributed by atoms with Gasteiger partial charge < -0.3 is 24.7 Å². The number of likely N-dealkylation sites (tertiary alicyclic amines) is 1. The van der Waals surface area contributed by atoms with Crippen molar-refractivity contribution < 1.29 is 78.9 Å². The van der Waals surface area contributed by atoms with Gasteiger partial charge in [0.05, 0.1) is 0 Å². The third kappa shape index (κ3) is 8.91. The van der Waals surface area contributed by atoms with Crippen LogP contribution in [-0.2, 0) is 9.59 Å². The van der Waals surface area contributed by atoms with Crippen LogP contribution < -0.4 is 69.3 Å². The topological polar surface area (TPSA) is 83.5 Å². The molecule has 92 valence electrons. The Labute approximate surface area is 152 Å². The summed E-state index contributed by atoms with van der Waals surface area (Å²) in [5.41, 5.74) is 0. The number of carboxylic acids is 2. The summed E-state index contributed by atoms with van der Waals surface area (Å²) >= 11 is 0. The number of carboxylic acid groups (broad SMARTS) is 2. The Hall–Kier alpha value is 0.900. The normalized spacial score (nSPS) is 16.4. The van der Waals surface area contributed by atoms with Gasteiger partial charge in [0.1, 0.15) is 0 Å². The van der Waals surface area contributed by atoms with Crippen LogP contribution in [0.2, 0.25) is 0 Å². The van der Waals surface area contributed by atoms with Crippen LogP contribution in [0.4, 0.5) is 0 Å². The summed E-state index contributed by atoms with van der Waals surface area (Å²) in [7, 11) is 0. The molecule has 1 aliphatic heterocycles. The molecule has 0 saturated carbocycles. The van der Waals surface area contributed by atoms with Gasteiger partial charge in [0.2, 0.25) is 0 Å². The number of hydrogen-bond donors (Lipinski definition) is 0. The Morgan fingerprint density at radius 1 is 1.11 bits per heavy atom. The first-order valence-corrected chi connectivity index (χ1v) is 5.72. The molecule has 0 aromatic carbocycles. The van der Waals surface area contributed by atoms with Crippen molar-refractivity contribution in [3.8, 4) is 0 Å².